The fraction of sp³-hybridized carbons (Fsp3) is 0.857. The third-order valence-electron chi connectivity index (χ3n) is 3.92. The van der Waals surface area contributed by atoms with E-state index >= 15 is 0 Å². The third kappa shape index (κ3) is 3.65. The van der Waals surface area contributed by atoms with E-state index in [0.717, 1.165) is 25.0 Å². The second-order valence-electron chi connectivity index (χ2n) is 6.54. The molecule has 0 aromatic heterocycles. The molecular weight excluding hydrogens is 260 g/mol. The van der Waals surface area contributed by atoms with Crippen molar-refractivity contribution in [2.75, 3.05) is 5.75 Å². The van der Waals surface area contributed by atoms with Crippen molar-refractivity contribution in [2.24, 2.45) is 5.41 Å². The minimum Gasteiger partial charge on any atom is -0.332 e. The molecule has 2 heterocycles. The first kappa shape index (κ1) is 14.7. The van der Waals surface area contributed by atoms with Gasteiger partial charge in [-0.25, -0.2) is 4.79 Å². The van der Waals surface area contributed by atoms with E-state index in [-0.39, 0.29) is 17.5 Å². The second-order valence-corrected chi connectivity index (χ2v) is 7.81. The van der Waals surface area contributed by atoms with E-state index in [4.69, 9.17) is 0 Å². The quantitative estimate of drug-likeness (QED) is 0.602. The molecule has 0 aromatic rings. The SMILES string of the molecule is CC(C)(C)C(=O)CCCC[C@@H]1SCC2NC(=O)NC21. The molecule has 4 nitrogen and oxygen atoms in total. The highest BCUT2D eigenvalue weighted by Crippen LogP contribution is 2.33. The molecular formula is C14H24N2O2S. The Hall–Kier alpha value is -0.710. The van der Waals surface area contributed by atoms with Crippen LogP contribution < -0.4 is 10.6 Å². The van der Waals surface area contributed by atoms with Gasteiger partial charge in [-0.2, -0.15) is 11.8 Å². The van der Waals surface area contributed by atoms with Crippen molar-refractivity contribution in [3.63, 3.8) is 0 Å². The summed E-state index contributed by atoms with van der Waals surface area (Å²) in [5, 5.41) is 6.46. The van der Waals surface area contributed by atoms with Crippen LogP contribution in [-0.4, -0.2) is 34.9 Å². The van der Waals surface area contributed by atoms with Crippen molar-refractivity contribution in [1.82, 2.24) is 10.6 Å². The fourth-order valence-corrected chi connectivity index (χ4v) is 4.19. The zero-order valence-electron chi connectivity index (χ0n) is 12.0. The number of hydrogen-bond donors (Lipinski definition) is 2. The Balaban J connectivity index is 1.67. The van der Waals surface area contributed by atoms with Crippen LogP contribution in [0, 0.1) is 5.41 Å². The topological polar surface area (TPSA) is 58.2 Å². The monoisotopic (exact) mass is 284 g/mol. The summed E-state index contributed by atoms with van der Waals surface area (Å²) in [6, 6.07) is 0.567. The number of nitrogens with one attached hydrogen (secondary N) is 2. The molecule has 0 radical (unpaired) electrons. The highest BCUT2D eigenvalue weighted by Gasteiger charge is 2.42. The largest absolute Gasteiger partial charge is 0.332 e. The molecule has 3 atom stereocenters. The van der Waals surface area contributed by atoms with Crippen molar-refractivity contribution in [2.45, 2.75) is 63.8 Å². The van der Waals surface area contributed by atoms with Crippen molar-refractivity contribution in [3.05, 3.63) is 0 Å². The van der Waals surface area contributed by atoms with Gasteiger partial charge in [-0.3, -0.25) is 4.79 Å². The van der Waals surface area contributed by atoms with E-state index < -0.39 is 0 Å². The lowest BCUT2D eigenvalue weighted by atomic mass is 9.87. The molecule has 2 amide bonds. The maximum Gasteiger partial charge on any atom is 0.315 e. The minimum absolute atomic E-state index is 0.0248. The van der Waals surface area contributed by atoms with Gasteiger partial charge in [-0.05, 0) is 12.8 Å². The van der Waals surface area contributed by atoms with Crippen LogP contribution in [0.15, 0.2) is 0 Å². The van der Waals surface area contributed by atoms with Crippen molar-refractivity contribution in [3.8, 4) is 0 Å². The standard InChI is InChI=1S/C14H24N2O2S/c1-14(2,3)11(17)7-5-4-6-10-12-9(8-19-10)15-13(18)16-12/h9-10,12H,4-8H2,1-3H3,(H2,15,16,18)/t9?,10-,12?/m0/s1. The van der Waals surface area contributed by atoms with Gasteiger partial charge in [0.25, 0.3) is 0 Å². The van der Waals surface area contributed by atoms with Gasteiger partial charge in [-0.1, -0.05) is 27.2 Å². The minimum atomic E-state index is -0.212. The Morgan fingerprint density at radius 3 is 2.74 bits per heavy atom. The average Bonchev–Trinajstić information content (AvgIpc) is 2.82. The first-order chi connectivity index (χ1) is 8.88. The maximum absolute atomic E-state index is 11.8. The number of Topliss-reactive ketones (excluding diaryl/α,β-unsaturated/α-hetero) is 1. The Morgan fingerprint density at radius 2 is 2.05 bits per heavy atom. The molecule has 2 aliphatic heterocycles. The van der Waals surface area contributed by atoms with Crippen LogP contribution >= 0.6 is 11.8 Å². The van der Waals surface area contributed by atoms with Gasteiger partial charge in [0.1, 0.15) is 5.78 Å². The van der Waals surface area contributed by atoms with Gasteiger partial charge in [0, 0.05) is 22.8 Å². The number of unbranched alkanes of at least 4 members (excludes halogenated alkanes) is 1. The van der Waals surface area contributed by atoms with Gasteiger partial charge < -0.3 is 10.6 Å². The van der Waals surface area contributed by atoms with Gasteiger partial charge in [-0.15, -0.1) is 0 Å². The molecule has 0 aromatic carbocycles. The smallest absolute Gasteiger partial charge is 0.315 e. The predicted octanol–water partition coefficient (Wildman–Crippen LogP) is 2.33. The molecule has 108 valence electrons. The number of ketones is 1. The fourth-order valence-electron chi connectivity index (χ4n) is 2.65. The molecule has 2 unspecified atom stereocenters. The number of carbonyl (C=O) groups is 2. The van der Waals surface area contributed by atoms with Gasteiger partial charge in [0.2, 0.25) is 0 Å². The Morgan fingerprint density at radius 1 is 1.32 bits per heavy atom. The third-order valence-corrected chi connectivity index (χ3v) is 5.43. The molecule has 2 aliphatic rings. The summed E-state index contributed by atoms with van der Waals surface area (Å²) in [6.07, 6.45) is 3.80. The van der Waals surface area contributed by atoms with E-state index in [9.17, 15) is 9.59 Å². The first-order valence-electron chi connectivity index (χ1n) is 7.10. The zero-order valence-corrected chi connectivity index (χ0v) is 12.8. The van der Waals surface area contributed by atoms with E-state index in [0.29, 0.717) is 23.5 Å². The van der Waals surface area contributed by atoms with E-state index in [1.54, 1.807) is 0 Å². The summed E-state index contributed by atoms with van der Waals surface area (Å²) in [5.41, 5.74) is -0.212. The zero-order chi connectivity index (χ0) is 14.0. The Kier molecular flexibility index (Phi) is 4.43. The molecule has 0 saturated carbocycles. The number of fused-ring (bicyclic) bond motifs is 1. The van der Waals surface area contributed by atoms with Crippen molar-refractivity contribution in [1.29, 1.82) is 0 Å². The molecule has 19 heavy (non-hydrogen) atoms. The average molecular weight is 284 g/mol. The van der Waals surface area contributed by atoms with Crippen LogP contribution in [0.1, 0.15) is 46.5 Å². The summed E-state index contributed by atoms with van der Waals surface area (Å²) in [7, 11) is 0. The predicted molar refractivity (Wildman–Crippen MR) is 78.4 cm³/mol. The van der Waals surface area contributed by atoms with Crippen molar-refractivity contribution < 1.29 is 9.59 Å². The summed E-state index contributed by atoms with van der Waals surface area (Å²) in [5.74, 6) is 1.36. The second kappa shape index (κ2) is 5.73. The molecule has 5 heteroatoms. The molecule has 0 aliphatic carbocycles. The molecule has 2 N–H and O–H groups in total. The van der Waals surface area contributed by atoms with E-state index in [1.807, 2.05) is 32.5 Å². The first-order valence-corrected chi connectivity index (χ1v) is 8.15. The molecule has 0 spiro atoms. The summed E-state index contributed by atoms with van der Waals surface area (Å²) < 4.78 is 0. The molecule has 2 saturated heterocycles. The maximum atomic E-state index is 11.8. The van der Waals surface area contributed by atoms with Crippen LogP contribution in [-0.2, 0) is 4.79 Å². The summed E-state index contributed by atoms with van der Waals surface area (Å²) >= 11 is 1.94. The number of rotatable bonds is 5. The summed E-state index contributed by atoms with van der Waals surface area (Å²) in [6.45, 7) is 5.94. The number of hydrogen-bond acceptors (Lipinski definition) is 3. The van der Waals surface area contributed by atoms with Gasteiger partial charge in [0.15, 0.2) is 0 Å². The van der Waals surface area contributed by atoms with E-state index in [2.05, 4.69) is 10.6 Å². The van der Waals surface area contributed by atoms with Crippen LogP contribution in [0.3, 0.4) is 0 Å². The van der Waals surface area contributed by atoms with E-state index in [1.165, 1.54) is 0 Å². The molecule has 2 rings (SSSR count). The lowest BCUT2D eigenvalue weighted by Gasteiger charge is -2.18. The molecule has 2 fully saturated rings. The highest BCUT2D eigenvalue weighted by atomic mass is 32.2. The molecule has 0 bridgehead atoms. The van der Waals surface area contributed by atoms with Crippen LogP contribution in [0.5, 0.6) is 0 Å². The number of carbonyl (C=O) groups excluding carboxylic acids is 2. The normalized spacial score (nSPS) is 29.8. The van der Waals surface area contributed by atoms with Crippen LogP contribution in [0.2, 0.25) is 0 Å². The summed E-state index contributed by atoms with van der Waals surface area (Å²) in [4.78, 5) is 23.1. The number of amides is 2. The van der Waals surface area contributed by atoms with Crippen LogP contribution in [0.4, 0.5) is 4.79 Å². The van der Waals surface area contributed by atoms with Gasteiger partial charge in [0.05, 0.1) is 12.1 Å². The Labute approximate surface area is 119 Å². The lowest BCUT2D eigenvalue weighted by molar-refractivity contribution is -0.126. The Bertz CT molecular complexity index is 365. The number of thioether (sulfide) groups is 1. The van der Waals surface area contributed by atoms with Gasteiger partial charge >= 0.3 is 6.03 Å². The van der Waals surface area contributed by atoms with Crippen LogP contribution in [0.25, 0.3) is 0 Å². The lowest BCUT2D eigenvalue weighted by Crippen LogP contribution is -2.36. The van der Waals surface area contributed by atoms with Crippen molar-refractivity contribution >= 4 is 23.6 Å². The highest BCUT2D eigenvalue weighted by molar-refractivity contribution is 8.00. The number of urea groups is 1.